The molecule has 1 aliphatic heterocycles. The zero-order chi connectivity index (χ0) is 17.8. The summed E-state index contributed by atoms with van der Waals surface area (Å²) >= 11 is 4.69. The zero-order valence-electron chi connectivity index (χ0n) is 13.6. The molecule has 8 heteroatoms. The third kappa shape index (κ3) is 4.32. The molecule has 25 heavy (non-hydrogen) atoms. The van der Waals surface area contributed by atoms with Gasteiger partial charge in [0.15, 0.2) is 11.5 Å². The average Bonchev–Trinajstić information content (AvgIpc) is 3.05. The smallest absolute Gasteiger partial charge is 0.264 e. The van der Waals surface area contributed by atoms with Crippen LogP contribution < -0.4 is 14.8 Å². The van der Waals surface area contributed by atoms with Gasteiger partial charge in [0, 0.05) is 18.3 Å². The second-order valence-corrected chi connectivity index (χ2v) is 7.79. The molecule has 0 atom stereocenters. The van der Waals surface area contributed by atoms with Gasteiger partial charge in [-0.05, 0) is 47.1 Å². The average molecular weight is 425 g/mol. The standard InChI is InChI=1S/C17H17BrN2O4S/c1-2-20(17(22)14-5-6-15(18)25-14)10-16(21)19-11-3-4-12-13(9-11)24-8-7-23-12/h3-6,9H,2,7-8,10H2,1H3,(H,19,21). The second-order valence-electron chi connectivity index (χ2n) is 5.33. The van der Waals surface area contributed by atoms with E-state index in [0.29, 0.717) is 41.8 Å². The number of hydrogen-bond acceptors (Lipinski definition) is 5. The van der Waals surface area contributed by atoms with Crippen LogP contribution in [0.5, 0.6) is 11.5 Å². The molecule has 0 spiro atoms. The van der Waals surface area contributed by atoms with Crippen LogP contribution in [0.4, 0.5) is 5.69 Å². The SMILES string of the molecule is CCN(CC(=O)Nc1ccc2c(c1)OCCO2)C(=O)c1ccc(Br)s1. The fourth-order valence-electron chi connectivity index (χ4n) is 2.41. The molecule has 0 radical (unpaired) electrons. The van der Waals surface area contributed by atoms with Gasteiger partial charge < -0.3 is 19.7 Å². The highest BCUT2D eigenvalue weighted by atomic mass is 79.9. The molecular formula is C17H17BrN2O4S. The molecule has 2 aromatic rings. The summed E-state index contributed by atoms with van der Waals surface area (Å²) in [6.07, 6.45) is 0. The maximum atomic E-state index is 12.5. The van der Waals surface area contributed by atoms with Gasteiger partial charge in [0.1, 0.15) is 19.8 Å². The van der Waals surface area contributed by atoms with Crippen molar-refractivity contribution in [2.75, 3.05) is 31.6 Å². The van der Waals surface area contributed by atoms with Crippen LogP contribution in [0.1, 0.15) is 16.6 Å². The Bertz CT molecular complexity index is 793. The minimum absolute atomic E-state index is 0.0146. The summed E-state index contributed by atoms with van der Waals surface area (Å²) in [5.74, 6) is 0.854. The Hall–Kier alpha value is -2.06. The first-order valence-electron chi connectivity index (χ1n) is 7.81. The van der Waals surface area contributed by atoms with Crippen molar-refractivity contribution in [3.63, 3.8) is 0 Å². The predicted octanol–water partition coefficient (Wildman–Crippen LogP) is 3.38. The van der Waals surface area contributed by atoms with Gasteiger partial charge in [0.05, 0.1) is 8.66 Å². The number of benzene rings is 1. The number of likely N-dealkylation sites (N-methyl/N-ethyl adjacent to an activating group) is 1. The van der Waals surface area contributed by atoms with E-state index >= 15 is 0 Å². The van der Waals surface area contributed by atoms with Gasteiger partial charge in [-0.15, -0.1) is 11.3 Å². The molecule has 0 fully saturated rings. The van der Waals surface area contributed by atoms with Crippen molar-refractivity contribution in [3.8, 4) is 11.5 Å². The van der Waals surface area contributed by atoms with Crippen LogP contribution >= 0.6 is 27.3 Å². The molecule has 2 heterocycles. The van der Waals surface area contributed by atoms with Gasteiger partial charge in [-0.1, -0.05) is 0 Å². The lowest BCUT2D eigenvalue weighted by Crippen LogP contribution is -2.37. The van der Waals surface area contributed by atoms with Crippen LogP contribution in [0.15, 0.2) is 34.1 Å². The molecule has 0 saturated heterocycles. The molecule has 1 aromatic carbocycles. The number of fused-ring (bicyclic) bond motifs is 1. The number of rotatable bonds is 5. The Morgan fingerprint density at radius 3 is 2.64 bits per heavy atom. The lowest BCUT2D eigenvalue weighted by atomic mass is 10.2. The molecule has 1 aromatic heterocycles. The maximum Gasteiger partial charge on any atom is 0.264 e. The Kier molecular flexibility index (Phi) is 5.60. The minimum Gasteiger partial charge on any atom is -0.486 e. The predicted molar refractivity (Wildman–Crippen MR) is 99.7 cm³/mol. The molecule has 2 amide bonds. The molecule has 1 N–H and O–H groups in total. The zero-order valence-corrected chi connectivity index (χ0v) is 16.0. The number of thiophene rings is 1. The summed E-state index contributed by atoms with van der Waals surface area (Å²) in [5.41, 5.74) is 0.608. The molecule has 1 aliphatic rings. The van der Waals surface area contributed by atoms with Crippen LogP contribution in [-0.4, -0.2) is 43.0 Å². The van der Waals surface area contributed by atoms with E-state index in [-0.39, 0.29) is 18.4 Å². The first kappa shape index (κ1) is 17.8. The molecule has 6 nitrogen and oxygen atoms in total. The van der Waals surface area contributed by atoms with Crippen molar-refractivity contribution in [1.29, 1.82) is 0 Å². The summed E-state index contributed by atoms with van der Waals surface area (Å²) in [6.45, 7) is 3.28. The second kappa shape index (κ2) is 7.88. The largest absolute Gasteiger partial charge is 0.486 e. The van der Waals surface area contributed by atoms with Crippen molar-refractivity contribution in [1.82, 2.24) is 4.90 Å². The van der Waals surface area contributed by atoms with Crippen LogP contribution in [-0.2, 0) is 4.79 Å². The quantitative estimate of drug-likeness (QED) is 0.798. The van der Waals surface area contributed by atoms with Crippen molar-refractivity contribution in [2.24, 2.45) is 0 Å². The van der Waals surface area contributed by atoms with Crippen LogP contribution in [0.3, 0.4) is 0 Å². The van der Waals surface area contributed by atoms with Crippen molar-refractivity contribution >= 4 is 44.8 Å². The number of amides is 2. The molecule has 0 aliphatic carbocycles. The van der Waals surface area contributed by atoms with E-state index in [4.69, 9.17) is 9.47 Å². The van der Waals surface area contributed by atoms with E-state index in [0.717, 1.165) is 3.79 Å². The van der Waals surface area contributed by atoms with E-state index in [9.17, 15) is 9.59 Å². The van der Waals surface area contributed by atoms with Gasteiger partial charge in [-0.2, -0.15) is 0 Å². The van der Waals surface area contributed by atoms with E-state index in [1.54, 1.807) is 24.3 Å². The van der Waals surface area contributed by atoms with Crippen molar-refractivity contribution < 1.29 is 19.1 Å². The minimum atomic E-state index is -0.262. The highest BCUT2D eigenvalue weighted by molar-refractivity contribution is 9.11. The summed E-state index contributed by atoms with van der Waals surface area (Å²) in [7, 11) is 0. The normalized spacial score (nSPS) is 12.6. The lowest BCUT2D eigenvalue weighted by molar-refractivity contribution is -0.116. The molecule has 0 saturated carbocycles. The summed E-state index contributed by atoms with van der Waals surface area (Å²) in [6, 6.07) is 8.80. The van der Waals surface area contributed by atoms with Gasteiger partial charge in [-0.3, -0.25) is 9.59 Å². The summed E-state index contributed by atoms with van der Waals surface area (Å²) < 4.78 is 11.8. The Balaban J connectivity index is 1.63. The van der Waals surface area contributed by atoms with Gasteiger partial charge >= 0.3 is 0 Å². The van der Waals surface area contributed by atoms with Crippen LogP contribution in [0, 0.1) is 0 Å². The number of carbonyl (C=O) groups excluding carboxylic acids is 2. The maximum absolute atomic E-state index is 12.5. The molecule has 132 valence electrons. The van der Waals surface area contributed by atoms with Crippen LogP contribution in [0.2, 0.25) is 0 Å². The number of ether oxygens (including phenoxy) is 2. The fourth-order valence-corrected chi connectivity index (χ4v) is 3.76. The Labute approximate surface area is 157 Å². The first-order chi connectivity index (χ1) is 12.1. The van der Waals surface area contributed by atoms with Crippen molar-refractivity contribution in [2.45, 2.75) is 6.92 Å². The van der Waals surface area contributed by atoms with Gasteiger partial charge in [0.2, 0.25) is 5.91 Å². The monoisotopic (exact) mass is 424 g/mol. The number of halogens is 1. The fraction of sp³-hybridized carbons (Fsp3) is 0.294. The highest BCUT2D eigenvalue weighted by Gasteiger charge is 2.19. The van der Waals surface area contributed by atoms with E-state index in [1.165, 1.54) is 16.2 Å². The molecule has 0 bridgehead atoms. The van der Waals surface area contributed by atoms with Gasteiger partial charge in [-0.25, -0.2) is 0 Å². The summed E-state index contributed by atoms with van der Waals surface area (Å²) in [4.78, 5) is 26.9. The van der Waals surface area contributed by atoms with Crippen LogP contribution in [0.25, 0.3) is 0 Å². The van der Waals surface area contributed by atoms with E-state index in [1.807, 2.05) is 13.0 Å². The number of nitrogens with one attached hydrogen (secondary N) is 1. The molecule has 3 rings (SSSR count). The molecular weight excluding hydrogens is 408 g/mol. The molecule has 0 unspecified atom stereocenters. The third-order valence-electron chi connectivity index (χ3n) is 3.61. The third-order valence-corrected chi connectivity index (χ3v) is 5.22. The number of nitrogens with zero attached hydrogens (tertiary/aromatic N) is 1. The number of anilines is 1. The first-order valence-corrected chi connectivity index (χ1v) is 9.42. The van der Waals surface area contributed by atoms with E-state index in [2.05, 4.69) is 21.2 Å². The Morgan fingerprint density at radius 2 is 1.96 bits per heavy atom. The Morgan fingerprint density at radius 1 is 1.20 bits per heavy atom. The number of hydrogen-bond donors (Lipinski definition) is 1. The lowest BCUT2D eigenvalue weighted by Gasteiger charge is -2.21. The number of carbonyl (C=O) groups is 2. The highest BCUT2D eigenvalue weighted by Crippen LogP contribution is 2.32. The summed E-state index contributed by atoms with van der Waals surface area (Å²) in [5, 5.41) is 2.79. The van der Waals surface area contributed by atoms with Crippen molar-refractivity contribution in [3.05, 3.63) is 39.0 Å². The van der Waals surface area contributed by atoms with E-state index < -0.39 is 0 Å². The van der Waals surface area contributed by atoms with Gasteiger partial charge in [0.25, 0.3) is 5.91 Å². The topological polar surface area (TPSA) is 67.9 Å².